The number of anilines is 1. The Morgan fingerprint density at radius 1 is 0.580 bits per heavy atom. The summed E-state index contributed by atoms with van der Waals surface area (Å²) in [6, 6.07) is 40.3. The molecule has 1 heterocycles. The summed E-state index contributed by atoms with van der Waals surface area (Å²) in [6.45, 7) is 1.45. The summed E-state index contributed by atoms with van der Waals surface area (Å²) in [7, 11) is 3.19. The average Bonchev–Trinajstić information content (AvgIpc) is 3.67. The summed E-state index contributed by atoms with van der Waals surface area (Å²) < 4.78 is 11.0. The molecule has 8 rings (SSSR count). The summed E-state index contributed by atoms with van der Waals surface area (Å²) in [6.07, 6.45) is 0. The lowest BCUT2D eigenvalue weighted by Crippen LogP contribution is -2.45. The van der Waals surface area contributed by atoms with Crippen LogP contribution >= 0.6 is 0 Å². The summed E-state index contributed by atoms with van der Waals surface area (Å²) in [5.74, 6) is -2.23. The summed E-state index contributed by atoms with van der Waals surface area (Å²) in [5.41, 5.74) is 1.67. The third-order valence-electron chi connectivity index (χ3n) is 10.7. The van der Waals surface area contributed by atoms with E-state index in [1.807, 2.05) is 109 Å². The number of ketones is 2. The van der Waals surface area contributed by atoms with Crippen LogP contribution in [0.2, 0.25) is 0 Å². The van der Waals surface area contributed by atoms with Crippen molar-refractivity contribution >= 4 is 40.2 Å². The Morgan fingerprint density at radius 3 is 1.42 bits per heavy atom. The van der Waals surface area contributed by atoms with Crippen LogP contribution in [0.3, 0.4) is 0 Å². The van der Waals surface area contributed by atoms with Gasteiger partial charge < -0.3 is 9.47 Å². The Balaban J connectivity index is 1.53. The van der Waals surface area contributed by atoms with Gasteiger partial charge >= 0.3 is 0 Å². The Bertz CT molecular complexity index is 2100. The second-order valence-corrected chi connectivity index (χ2v) is 13.0. The van der Waals surface area contributed by atoms with Crippen LogP contribution in [0.1, 0.15) is 39.5 Å². The minimum atomic E-state index is -1.55. The SMILES string of the molecule is COc1ccc(C2=C(c3ccc(OC)cc3)[C@]3(c4ccccc4)C(=O)[C@]2(c2ccccc2)[C@H]2C(=O)N(c4cccc(C(C)=O)c4)C(=O)[C@@H]23)cc1. The average molecular weight is 660 g/mol. The zero-order valence-corrected chi connectivity index (χ0v) is 27.8. The van der Waals surface area contributed by atoms with Crippen molar-refractivity contribution in [1.82, 2.24) is 0 Å². The number of rotatable bonds is 8. The molecule has 2 fully saturated rings. The Hall–Kier alpha value is -6.08. The normalized spacial score (nSPS) is 23.7. The fraction of sp³-hybridized carbons (Fsp3) is 0.163. The van der Waals surface area contributed by atoms with Gasteiger partial charge in [0.1, 0.15) is 11.5 Å². The van der Waals surface area contributed by atoms with Gasteiger partial charge in [0.25, 0.3) is 0 Å². The molecule has 2 aliphatic carbocycles. The standard InChI is InChI=1S/C43H33NO6/c1-26(45)29-11-10-16-32(25-29)44-39(46)37-38(40(44)47)43(31-14-8-5-9-15-31)36(28-19-23-34(50-3)24-20-28)35(27-17-21-33(49-2)22-18-27)42(37,41(43)48)30-12-6-4-7-13-30/h4-25,37-38H,1-3H3/t37-,38-,42+,43+/m1/s1. The van der Waals surface area contributed by atoms with Crippen LogP contribution in [-0.4, -0.2) is 37.6 Å². The molecule has 3 aliphatic rings. The number of carbonyl (C=O) groups excluding carboxylic acids is 4. The number of imide groups is 1. The molecule has 0 N–H and O–H groups in total. The second kappa shape index (κ2) is 11.5. The van der Waals surface area contributed by atoms with Gasteiger partial charge in [-0.15, -0.1) is 0 Å². The number of methoxy groups -OCH3 is 2. The molecule has 0 unspecified atom stereocenters. The smallest absolute Gasteiger partial charge is 0.239 e. The predicted octanol–water partition coefficient (Wildman–Crippen LogP) is 7.10. The number of hydrogen-bond donors (Lipinski definition) is 0. The molecule has 1 aliphatic heterocycles. The first-order valence-corrected chi connectivity index (χ1v) is 16.5. The minimum absolute atomic E-state index is 0.187. The van der Waals surface area contributed by atoms with Crippen LogP contribution < -0.4 is 14.4 Å². The third-order valence-corrected chi connectivity index (χ3v) is 10.7. The Morgan fingerprint density at radius 2 is 1.02 bits per heavy atom. The molecular formula is C43H33NO6. The number of allylic oxidation sites excluding steroid dienone is 2. The largest absolute Gasteiger partial charge is 0.497 e. The number of ether oxygens (including phenoxy) is 2. The number of benzene rings is 5. The van der Waals surface area contributed by atoms with E-state index in [1.54, 1.807) is 38.5 Å². The molecule has 5 aromatic rings. The fourth-order valence-electron chi connectivity index (χ4n) is 8.76. The number of carbonyl (C=O) groups is 4. The molecular weight excluding hydrogens is 626 g/mol. The van der Waals surface area contributed by atoms with Crippen LogP contribution in [-0.2, 0) is 25.2 Å². The zero-order chi connectivity index (χ0) is 34.8. The number of amides is 2. The van der Waals surface area contributed by atoms with E-state index in [4.69, 9.17) is 9.47 Å². The van der Waals surface area contributed by atoms with Gasteiger partial charge in [0, 0.05) is 5.56 Å². The van der Waals surface area contributed by atoms with Crippen molar-refractivity contribution in [3.8, 4) is 11.5 Å². The highest BCUT2D eigenvalue weighted by Crippen LogP contribution is 2.74. The lowest BCUT2D eigenvalue weighted by molar-refractivity contribution is -0.130. The van der Waals surface area contributed by atoms with Gasteiger partial charge in [0.05, 0.1) is 42.6 Å². The summed E-state index contributed by atoms with van der Waals surface area (Å²) in [4.78, 5) is 60.1. The van der Waals surface area contributed by atoms with Gasteiger partial charge in [-0.3, -0.25) is 19.2 Å². The van der Waals surface area contributed by atoms with Gasteiger partial charge in [-0.1, -0.05) is 97.1 Å². The van der Waals surface area contributed by atoms with Gasteiger partial charge in [-0.2, -0.15) is 0 Å². The van der Waals surface area contributed by atoms with Crippen molar-refractivity contribution in [3.05, 3.63) is 161 Å². The molecule has 0 radical (unpaired) electrons. The van der Waals surface area contributed by atoms with E-state index in [-0.39, 0.29) is 11.6 Å². The molecule has 7 heteroatoms. The molecule has 1 saturated heterocycles. The van der Waals surface area contributed by atoms with Crippen molar-refractivity contribution in [2.24, 2.45) is 11.8 Å². The van der Waals surface area contributed by atoms with Crippen molar-refractivity contribution in [1.29, 1.82) is 0 Å². The first-order valence-electron chi connectivity index (χ1n) is 16.5. The first kappa shape index (κ1) is 31.2. The molecule has 50 heavy (non-hydrogen) atoms. The Labute approximate surface area is 289 Å². The molecule has 246 valence electrons. The second-order valence-electron chi connectivity index (χ2n) is 13.0. The van der Waals surface area contributed by atoms with Crippen LogP contribution in [0.25, 0.3) is 11.1 Å². The number of nitrogens with zero attached hydrogens (tertiary/aromatic N) is 1. The van der Waals surface area contributed by atoms with E-state index < -0.39 is 34.5 Å². The monoisotopic (exact) mass is 659 g/mol. The van der Waals surface area contributed by atoms with Gasteiger partial charge in [-0.25, -0.2) is 4.90 Å². The Kier molecular flexibility index (Phi) is 7.19. The number of hydrogen-bond acceptors (Lipinski definition) is 6. The van der Waals surface area contributed by atoms with Gasteiger partial charge in [0.2, 0.25) is 11.8 Å². The lowest BCUT2D eigenvalue weighted by atomic mass is 9.59. The maximum atomic E-state index is 16.1. The molecule has 0 aromatic heterocycles. The summed E-state index contributed by atoms with van der Waals surface area (Å²) >= 11 is 0. The molecule has 0 spiro atoms. The highest BCUT2D eigenvalue weighted by Gasteiger charge is 2.82. The topological polar surface area (TPSA) is 90.0 Å². The molecule has 4 atom stereocenters. The van der Waals surface area contributed by atoms with Gasteiger partial charge in [0.15, 0.2) is 11.6 Å². The van der Waals surface area contributed by atoms with Crippen molar-refractivity contribution in [2.45, 2.75) is 17.8 Å². The molecule has 2 bridgehead atoms. The van der Waals surface area contributed by atoms with E-state index in [2.05, 4.69) is 0 Å². The fourth-order valence-corrected chi connectivity index (χ4v) is 8.76. The van der Waals surface area contributed by atoms with Crippen LogP contribution in [0.15, 0.2) is 133 Å². The van der Waals surface area contributed by atoms with E-state index in [0.29, 0.717) is 45.0 Å². The maximum Gasteiger partial charge on any atom is 0.239 e. The number of Topliss-reactive ketones (excluding diaryl/α,β-unsaturated/α-hetero) is 2. The van der Waals surface area contributed by atoms with Crippen molar-refractivity contribution < 1.29 is 28.7 Å². The van der Waals surface area contributed by atoms with Crippen LogP contribution in [0.5, 0.6) is 11.5 Å². The first-order chi connectivity index (χ1) is 24.3. The van der Waals surface area contributed by atoms with Crippen molar-refractivity contribution in [2.75, 3.05) is 19.1 Å². The number of fused-ring (bicyclic) bond motifs is 5. The van der Waals surface area contributed by atoms with Crippen LogP contribution in [0, 0.1) is 11.8 Å². The quantitative estimate of drug-likeness (QED) is 0.131. The van der Waals surface area contributed by atoms with E-state index in [9.17, 15) is 4.79 Å². The van der Waals surface area contributed by atoms with E-state index in [1.165, 1.54) is 11.8 Å². The maximum absolute atomic E-state index is 16.1. The molecule has 2 amide bonds. The third kappa shape index (κ3) is 4.03. The highest BCUT2D eigenvalue weighted by molar-refractivity contribution is 6.39. The lowest BCUT2D eigenvalue weighted by Gasteiger charge is -2.39. The molecule has 5 aromatic carbocycles. The minimum Gasteiger partial charge on any atom is -0.497 e. The van der Waals surface area contributed by atoms with Crippen LogP contribution in [0.4, 0.5) is 5.69 Å². The van der Waals surface area contributed by atoms with E-state index >= 15 is 14.4 Å². The highest BCUT2D eigenvalue weighted by atomic mass is 16.5. The summed E-state index contributed by atoms with van der Waals surface area (Å²) in [5, 5.41) is 0. The van der Waals surface area contributed by atoms with Crippen molar-refractivity contribution in [3.63, 3.8) is 0 Å². The molecule has 7 nitrogen and oxygen atoms in total. The zero-order valence-electron chi connectivity index (χ0n) is 27.8. The molecule has 1 saturated carbocycles. The van der Waals surface area contributed by atoms with E-state index in [0.717, 1.165) is 11.1 Å². The predicted molar refractivity (Wildman–Crippen MR) is 190 cm³/mol. The van der Waals surface area contributed by atoms with Gasteiger partial charge in [-0.05, 0) is 76.7 Å².